The number of nitrogens with one attached hydrogen (secondary N) is 1. The molecule has 0 aliphatic carbocycles. The number of thioether (sulfide) groups is 1. The molecule has 1 aromatic rings. The van der Waals surface area contributed by atoms with E-state index in [1.165, 1.54) is 0 Å². The number of benzene rings is 1. The summed E-state index contributed by atoms with van der Waals surface area (Å²) in [5.74, 6) is 0.0409. The van der Waals surface area contributed by atoms with Crippen LogP contribution in [0.1, 0.15) is 12.0 Å². The van der Waals surface area contributed by atoms with Crippen LogP contribution in [0.2, 0.25) is 5.02 Å². The van der Waals surface area contributed by atoms with Crippen molar-refractivity contribution in [3.63, 3.8) is 0 Å². The normalized spacial score (nSPS) is 12.7. The third-order valence-corrected chi connectivity index (χ3v) is 3.47. The van der Waals surface area contributed by atoms with E-state index in [1.807, 2.05) is 42.7 Å². The molecule has 1 rings (SSSR count). The molecule has 19 heavy (non-hydrogen) atoms. The van der Waals surface area contributed by atoms with Gasteiger partial charge in [0.25, 0.3) is 0 Å². The van der Waals surface area contributed by atoms with Gasteiger partial charge in [0.2, 0.25) is 0 Å². The molecule has 0 aliphatic rings. The molecular formula is C14H18ClNO2S. The Morgan fingerprint density at radius 3 is 2.74 bits per heavy atom. The molecule has 5 heteroatoms. The Morgan fingerprint density at radius 2 is 2.16 bits per heavy atom. The first-order valence-corrected chi connectivity index (χ1v) is 7.78. The lowest BCUT2D eigenvalue weighted by Crippen LogP contribution is -2.37. The van der Waals surface area contributed by atoms with Gasteiger partial charge in [-0.3, -0.25) is 4.79 Å². The summed E-state index contributed by atoms with van der Waals surface area (Å²) in [7, 11) is 0. The van der Waals surface area contributed by atoms with Crippen molar-refractivity contribution in [1.82, 2.24) is 5.32 Å². The number of aliphatic carboxylic acids is 1. The summed E-state index contributed by atoms with van der Waals surface area (Å²) >= 11 is 7.45. The second-order valence-corrected chi connectivity index (χ2v) is 5.46. The van der Waals surface area contributed by atoms with Crippen molar-refractivity contribution in [3.05, 3.63) is 40.9 Å². The fraction of sp³-hybridized carbons (Fsp3) is 0.357. The Kier molecular flexibility index (Phi) is 7.63. The number of halogens is 1. The molecule has 1 aromatic carbocycles. The minimum absolute atomic E-state index is 0.484. The molecule has 0 bridgehead atoms. The molecule has 0 heterocycles. The third kappa shape index (κ3) is 6.66. The van der Waals surface area contributed by atoms with Crippen molar-refractivity contribution in [2.45, 2.75) is 12.5 Å². The van der Waals surface area contributed by atoms with E-state index in [4.69, 9.17) is 16.7 Å². The Labute approximate surface area is 123 Å². The highest BCUT2D eigenvalue weighted by molar-refractivity contribution is 7.98. The highest BCUT2D eigenvalue weighted by Crippen LogP contribution is 2.10. The molecule has 104 valence electrons. The third-order valence-electron chi connectivity index (χ3n) is 2.57. The van der Waals surface area contributed by atoms with Gasteiger partial charge < -0.3 is 10.4 Å². The van der Waals surface area contributed by atoms with Crippen LogP contribution in [0.25, 0.3) is 6.08 Å². The van der Waals surface area contributed by atoms with E-state index in [2.05, 4.69) is 5.32 Å². The minimum atomic E-state index is -0.797. The lowest BCUT2D eigenvalue weighted by molar-refractivity contribution is -0.139. The van der Waals surface area contributed by atoms with Gasteiger partial charge in [-0.1, -0.05) is 35.9 Å². The van der Waals surface area contributed by atoms with E-state index in [0.717, 1.165) is 11.3 Å². The molecule has 0 saturated heterocycles. The van der Waals surface area contributed by atoms with Gasteiger partial charge >= 0.3 is 5.97 Å². The molecule has 1 atom stereocenters. The standard InChI is InChI=1S/C14H18ClNO2S/c1-19-10-8-13(14(17)18)16-9-2-3-11-4-6-12(15)7-5-11/h2-7,13,16H,8-10H2,1H3,(H,17,18). The van der Waals surface area contributed by atoms with Gasteiger partial charge in [0, 0.05) is 11.6 Å². The van der Waals surface area contributed by atoms with E-state index in [-0.39, 0.29) is 0 Å². The predicted molar refractivity (Wildman–Crippen MR) is 82.9 cm³/mol. The number of carboxylic acid groups (broad SMARTS) is 1. The first-order valence-electron chi connectivity index (χ1n) is 6.00. The van der Waals surface area contributed by atoms with E-state index >= 15 is 0 Å². The van der Waals surface area contributed by atoms with E-state index < -0.39 is 12.0 Å². The predicted octanol–water partition coefficient (Wildman–Crippen LogP) is 3.15. The SMILES string of the molecule is CSCCC(NCC=Cc1ccc(Cl)cc1)C(=O)O. The molecule has 2 N–H and O–H groups in total. The Morgan fingerprint density at radius 1 is 1.47 bits per heavy atom. The van der Waals surface area contributed by atoms with Crippen molar-refractivity contribution in [1.29, 1.82) is 0 Å². The number of rotatable bonds is 8. The monoisotopic (exact) mass is 299 g/mol. The van der Waals surface area contributed by atoms with Crippen molar-refractivity contribution in [2.75, 3.05) is 18.6 Å². The molecule has 0 aromatic heterocycles. The molecule has 0 radical (unpaired) electrons. The molecule has 0 saturated carbocycles. The lowest BCUT2D eigenvalue weighted by atomic mass is 10.2. The summed E-state index contributed by atoms with van der Waals surface area (Å²) in [6.45, 7) is 0.536. The Bertz CT molecular complexity index is 420. The smallest absolute Gasteiger partial charge is 0.320 e. The highest BCUT2D eigenvalue weighted by Gasteiger charge is 2.14. The number of carbonyl (C=O) groups is 1. The second kappa shape index (κ2) is 9.02. The Hall–Kier alpha value is -0.970. The van der Waals surface area contributed by atoms with Crippen molar-refractivity contribution >= 4 is 35.4 Å². The molecule has 0 aliphatic heterocycles. The fourth-order valence-electron chi connectivity index (χ4n) is 1.53. The summed E-state index contributed by atoms with van der Waals surface area (Å²) in [5.41, 5.74) is 1.04. The summed E-state index contributed by atoms with van der Waals surface area (Å²) in [5, 5.41) is 12.8. The zero-order chi connectivity index (χ0) is 14.1. The first kappa shape index (κ1) is 16.1. The van der Waals surface area contributed by atoms with Crippen LogP contribution in [0, 0.1) is 0 Å². The topological polar surface area (TPSA) is 49.3 Å². The fourth-order valence-corrected chi connectivity index (χ4v) is 2.13. The minimum Gasteiger partial charge on any atom is -0.480 e. The van der Waals surface area contributed by atoms with Gasteiger partial charge in [-0.15, -0.1) is 0 Å². The Balaban J connectivity index is 2.38. The van der Waals surface area contributed by atoms with E-state index in [9.17, 15) is 4.79 Å². The van der Waals surface area contributed by atoms with Gasteiger partial charge in [0.1, 0.15) is 6.04 Å². The van der Waals surface area contributed by atoms with Gasteiger partial charge in [-0.2, -0.15) is 11.8 Å². The summed E-state index contributed by atoms with van der Waals surface area (Å²) < 4.78 is 0. The largest absolute Gasteiger partial charge is 0.480 e. The van der Waals surface area contributed by atoms with Crippen LogP contribution in [0.5, 0.6) is 0 Å². The van der Waals surface area contributed by atoms with Gasteiger partial charge in [0.15, 0.2) is 0 Å². The molecular weight excluding hydrogens is 282 g/mol. The van der Waals surface area contributed by atoms with Crippen LogP contribution in [0.15, 0.2) is 30.3 Å². The van der Waals surface area contributed by atoms with Crippen LogP contribution in [0.4, 0.5) is 0 Å². The summed E-state index contributed by atoms with van der Waals surface area (Å²) in [6, 6.07) is 7.00. The van der Waals surface area contributed by atoms with E-state index in [0.29, 0.717) is 18.0 Å². The van der Waals surface area contributed by atoms with Crippen LogP contribution in [-0.4, -0.2) is 35.7 Å². The van der Waals surface area contributed by atoms with Gasteiger partial charge in [-0.05, 0) is 36.1 Å². The average molecular weight is 300 g/mol. The van der Waals surface area contributed by atoms with Crippen molar-refractivity contribution in [2.24, 2.45) is 0 Å². The molecule has 0 spiro atoms. The van der Waals surface area contributed by atoms with Crippen molar-refractivity contribution < 1.29 is 9.90 Å². The second-order valence-electron chi connectivity index (χ2n) is 4.03. The van der Waals surface area contributed by atoms with Crippen molar-refractivity contribution in [3.8, 4) is 0 Å². The summed E-state index contributed by atoms with van der Waals surface area (Å²) in [6.07, 6.45) is 6.46. The molecule has 0 amide bonds. The van der Waals surface area contributed by atoms with Crippen LogP contribution in [-0.2, 0) is 4.79 Å². The highest BCUT2D eigenvalue weighted by atomic mass is 35.5. The first-order chi connectivity index (χ1) is 9.13. The molecule has 1 unspecified atom stereocenters. The lowest BCUT2D eigenvalue weighted by Gasteiger charge is -2.11. The number of carboxylic acids is 1. The molecule has 3 nitrogen and oxygen atoms in total. The van der Waals surface area contributed by atoms with Crippen LogP contribution in [0.3, 0.4) is 0 Å². The quantitative estimate of drug-likeness (QED) is 0.774. The van der Waals surface area contributed by atoms with Gasteiger partial charge in [0.05, 0.1) is 0 Å². The van der Waals surface area contributed by atoms with Gasteiger partial charge in [-0.25, -0.2) is 0 Å². The zero-order valence-electron chi connectivity index (χ0n) is 10.8. The van der Waals surface area contributed by atoms with E-state index in [1.54, 1.807) is 11.8 Å². The maximum atomic E-state index is 11.0. The van der Waals surface area contributed by atoms with Crippen LogP contribution < -0.4 is 5.32 Å². The maximum Gasteiger partial charge on any atom is 0.320 e. The van der Waals surface area contributed by atoms with Crippen LogP contribution >= 0.6 is 23.4 Å². The maximum absolute atomic E-state index is 11.0. The number of hydrogen-bond donors (Lipinski definition) is 2. The zero-order valence-corrected chi connectivity index (χ0v) is 12.4. The summed E-state index contributed by atoms with van der Waals surface area (Å²) in [4.78, 5) is 11.0. The number of hydrogen-bond acceptors (Lipinski definition) is 3. The average Bonchev–Trinajstić information content (AvgIpc) is 2.39. The molecule has 0 fully saturated rings.